The molecule has 1 aromatic rings. The standard InChI is InChI=1S/C8H12ClN3O/c1-3-4-12-8(13)7(9)6(10-2)5-11-12/h5,10H,3-4H2,1-2H3. The highest BCUT2D eigenvalue weighted by Gasteiger charge is 2.06. The van der Waals surface area contributed by atoms with Gasteiger partial charge in [-0.2, -0.15) is 5.10 Å². The molecule has 1 N–H and O–H groups in total. The van der Waals surface area contributed by atoms with Crippen molar-refractivity contribution < 1.29 is 0 Å². The summed E-state index contributed by atoms with van der Waals surface area (Å²) >= 11 is 5.80. The second kappa shape index (κ2) is 4.28. The Morgan fingerprint density at radius 3 is 2.92 bits per heavy atom. The molecule has 1 heterocycles. The third-order valence-corrected chi connectivity index (χ3v) is 2.05. The number of rotatable bonds is 3. The van der Waals surface area contributed by atoms with Crippen molar-refractivity contribution in [2.45, 2.75) is 19.9 Å². The zero-order chi connectivity index (χ0) is 9.84. The van der Waals surface area contributed by atoms with Crippen LogP contribution in [0.25, 0.3) is 0 Å². The van der Waals surface area contributed by atoms with Gasteiger partial charge in [-0.15, -0.1) is 0 Å². The van der Waals surface area contributed by atoms with Crippen LogP contribution in [0.1, 0.15) is 13.3 Å². The van der Waals surface area contributed by atoms with Gasteiger partial charge in [0.05, 0.1) is 11.9 Å². The van der Waals surface area contributed by atoms with Gasteiger partial charge in [-0.1, -0.05) is 18.5 Å². The van der Waals surface area contributed by atoms with E-state index in [-0.39, 0.29) is 10.6 Å². The average Bonchev–Trinajstić information content (AvgIpc) is 2.14. The van der Waals surface area contributed by atoms with Gasteiger partial charge in [0.25, 0.3) is 5.56 Å². The molecule has 0 amide bonds. The number of halogens is 1. The number of nitrogens with zero attached hydrogens (tertiary/aromatic N) is 2. The molecule has 0 aliphatic rings. The van der Waals surface area contributed by atoms with Crippen molar-refractivity contribution in [2.24, 2.45) is 0 Å². The Balaban J connectivity index is 3.16. The Morgan fingerprint density at radius 2 is 2.38 bits per heavy atom. The number of nitrogens with one attached hydrogen (secondary N) is 1. The first-order valence-electron chi connectivity index (χ1n) is 4.14. The summed E-state index contributed by atoms with van der Waals surface area (Å²) in [5.41, 5.74) is 0.328. The van der Waals surface area contributed by atoms with Gasteiger partial charge in [0.2, 0.25) is 0 Å². The predicted octanol–water partition coefficient (Wildman–Crippen LogP) is 1.35. The zero-order valence-electron chi connectivity index (χ0n) is 7.67. The first kappa shape index (κ1) is 10.1. The van der Waals surface area contributed by atoms with Gasteiger partial charge in [-0.05, 0) is 6.42 Å². The molecule has 0 aliphatic carbocycles. The molecule has 5 heteroatoms. The molecular weight excluding hydrogens is 190 g/mol. The van der Waals surface area contributed by atoms with E-state index in [1.165, 1.54) is 4.68 Å². The topological polar surface area (TPSA) is 46.9 Å². The van der Waals surface area contributed by atoms with E-state index in [1.807, 2.05) is 6.92 Å². The van der Waals surface area contributed by atoms with Crippen molar-refractivity contribution in [3.8, 4) is 0 Å². The Hall–Kier alpha value is -1.03. The van der Waals surface area contributed by atoms with Crippen molar-refractivity contribution in [2.75, 3.05) is 12.4 Å². The lowest BCUT2D eigenvalue weighted by molar-refractivity contribution is 0.569. The van der Waals surface area contributed by atoms with Crippen molar-refractivity contribution in [1.29, 1.82) is 0 Å². The van der Waals surface area contributed by atoms with Gasteiger partial charge in [-0.3, -0.25) is 4.79 Å². The lowest BCUT2D eigenvalue weighted by Crippen LogP contribution is -2.23. The summed E-state index contributed by atoms with van der Waals surface area (Å²) < 4.78 is 1.36. The lowest BCUT2D eigenvalue weighted by Gasteiger charge is -2.05. The second-order valence-corrected chi connectivity index (χ2v) is 3.03. The van der Waals surface area contributed by atoms with E-state index in [9.17, 15) is 4.79 Å². The van der Waals surface area contributed by atoms with Gasteiger partial charge in [0.1, 0.15) is 5.02 Å². The highest BCUT2D eigenvalue weighted by Crippen LogP contribution is 2.13. The van der Waals surface area contributed by atoms with Crippen LogP contribution >= 0.6 is 11.6 Å². The molecule has 0 aliphatic heterocycles. The molecule has 1 aromatic heterocycles. The van der Waals surface area contributed by atoms with Crippen LogP contribution < -0.4 is 10.9 Å². The first-order valence-corrected chi connectivity index (χ1v) is 4.51. The summed E-state index contributed by atoms with van der Waals surface area (Å²) in [7, 11) is 1.70. The van der Waals surface area contributed by atoms with E-state index in [0.717, 1.165) is 6.42 Å². The number of aryl methyl sites for hydroxylation is 1. The van der Waals surface area contributed by atoms with Crippen LogP contribution in [0, 0.1) is 0 Å². The van der Waals surface area contributed by atoms with Crippen molar-refractivity contribution in [3.05, 3.63) is 21.6 Å². The third kappa shape index (κ3) is 2.01. The van der Waals surface area contributed by atoms with Gasteiger partial charge < -0.3 is 5.32 Å². The Morgan fingerprint density at radius 1 is 1.69 bits per heavy atom. The molecule has 0 saturated heterocycles. The van der Waals surface area contributed by atoms with E-state index < -0.39 is 0 Å². The van der Waals surface area contributed by atoms with Crippen molar-refractivity contribution in [3.63, 3.8) is 0 Å². The summed E-state index contributed by atoms with van der Waals surface area (Å²) in [4.78, 5) is 11.5. The molecule has 4 nitrogen and oxygen atoms in total. The summed E-state index contributed by atoms with van der Waals surface area (Å²) in [6.45, 7) is 2.58. The fourth-order valence-corrected chi connectivity index (χ4v) is 1.25. The second-order valence-electron chi connectivity index (χ2n) is 2.65. The Labute approximate surface area is 81.5 Å². The van der Waals surface area contributed by atoms with Crippen LogP contribution in [0.3, 0.4) is 0 Å². The van der Waals surface area contributed by atoms with Gasteiger partial charge in [0, 0.05) is 13.6 Å². The molecule has 0 unspecified atom stereocenters. The third-order valence-electron chi connectivity index (χ3n) is 1.69. The molecule has 0 fully saturated rings. The summed E-state index contributed by atoms with van der Waals surface area (Å²) in [6.07, 6.45) is 2.42. The molecule has 1 rings (SSSR count). The molecule has 0 spiro atoms. The lowest BCUT2D eigenvalue weighted by atomic mass is 10.4. The van der Waals surface area contributed by atoms with E-state index >= 15 is 0 Å². The molecule has 0 radical (unpaired) electrons. The van der Waals surface area contributed by atoms with Crippen LogP contribution in [0.5, 0.6) is 0 Å². The SMILES string of the molecule is CCCn1ncc(NC)c(Cl)c1=O. The average molecular weight is 202 g/mol. The molecule has 0 saturated carbocycles. The minimum Gasteiger partial charge on any atom is -0.385 e. The van der Waals surface area contributed by atoms with Gasteiger partial charge in [-0.25, -0.2) is 4.68 Å². The van der Waals surface area contributed by atoms with E-state index in [1.54, 1.807) is 13.2 Å². The van der Waals surface area contributed by atoms with Crippen molar-refractivity contribution in [1.82, 2.24) is 9.78 Å². The van der Waals surface area contributed by atoms with Crippen LogP contribution in [-0.2, 0) is 6.54 Å². The maximum absolute atomic E-state index is 11.5. The normalized spacial score (nSPS) is 10.1. The largest absolute Gasteiger partial charge is 0.385 e. The fraction of sp³-hybridized carbons (Fsp3) is 0.500. The molecule has 0 atom stereocenters. The van der Waals surface area contributed by atoms with E-state index in [0.29, 0.717) is 12.2 Å². The van der Waals surface area contributed by atoms with Crippen LogP contribution in [0.15, 0.2) is 11.0 Å². The van der Waals surface area contributed by atoms with Crippen LogP contribution in [0.2, 0.25) is 5.02 Å². The Kier molecular flexibility index (Phi) is 3.31. The molecule has 0 aromatic carbocycles. The Bertz CT molecular complexity index is 348. The molecule has 72 valence electrons. The van der Waals surface area contributed by atoms with Gasteiger partial charge in [0.15, 0.2) is 0 Å². The molecular formula is C8H12ClN3O. The number of aromatic nitrogens is 2. The maximum atomic E-state index is 11.5. The summed E-state index contributed by atoms with van der Waals surface area (Å²) in [6, 6.07) is 0. The number of hydrogen-bond acceptors (Lipinski definition) is 3. The summed E-state index contributed by atoms with van der Waals surface area (Å²) in [5.74, 6) is 0. The highest BCUT2D eigenvalue weighted by molar-refractivity contribution is 6.32. The number of anilines is 1. The quantitative estimate of drug-likeness (QED) is 0.803. The smallest absolute Gasteiger partial charge is 0.287 e. The maximum Gasteiger partial charge on any atom is 0.287 e. The molecule has 13 heavy (non-hydrogen) atoms. The summed E-state index contributed by atoms with van der Waals surface area (Å²) in [5, 5.41) is 6.95. The van der Waals surface area contributed by atoms with Crippen LogP contribution in [0.4, 0.5) is 5.69 Å². The van der Waals surface area contributed by atoms with Crippen molar-refractivity contribution >= 4 is 17.3 Å². The van der Waals surface area contributed by atoms with E-state index in [4.69, 9.17) is 11.6 Å². The fourth-order valence-electron chi connectivity index (χ4n) is 1.01. The predicted molar refractivity (Wildman–Crippen MR) is 53.3 cm³/mol. The van der Waals surface area contributed by atoms with Crippen LogP contribution in [-0.4, -0.2) is 16.8 Å². The first-order chi connectivity index (χ1) is 6.20. The van der Waals surface area contributed by atoms with Gasteiger partial charge >= 0.3 is 0 Å². The highest BCUT2D eigenvalue weighted by atomic mass is 35.5. The zero-order valence-corrected chi connectivity index (χ0v) is 8.43. The minimum atomic E-state index is -0.240. The molecule has 0 bridgehead atoms. The monoisotopic (exact) mass is 201 g/mol. The number of hydrogen-bond donors (Lipinski definition) is 1. The minimum absolute atomic E-state index is 0.200. The van der Waals surface area contributed by atoms with E-state index in [2.05, 4.69) is 10.4 Å².